The molecule has 11 heavy (non-hydrogen) atoms. The molecule has 0 bridgehead atoms. The van der Waals surface area contributed by atoms with Gasteiger partial charge in [0.05, 0.1) is 12.6 Å². The molecule has 1 unspecified atom stereocenters. The van der Waals surface area contributed by atoms with Gasteiger partial charge in [0.2, 0.25) is 5.91 Å². The van der Waals surface area contributed by atoms with Crippen LogP contribution in [0.1, 0.15) is 13.8 Å². The Labute approximate surface area is 67.3 Å². The molecule has 0 radical (unpaired) electrons. The number of amides is 1. The molecule has 0 heterocycles. The summed E-state index contributed by atoms with van der Waals surface area (Å²) < 4.78 is 0. The number of likely N-dealkylation sites (N-methyl/N-ethyl adjacent to an activating group) is 1. The third-order valence-electron chi connectivity index (χ3n) is 1.59. The summed E-state index contributed by atoms with van der Waals surface area (Å²) >= 11 is 0. The van der Waals surface area contributed by atoms with Gasteiger partial charge in [0.1, 0.15) is 0 Å². The summed E-state index contributed by atoms with van der Waals surface area (Å²) in [5.74, 6) is -0.131. The fraction of sp³-hybridized carbons (Fsp3) is 0.625. The normalized spacial score (nSPS) is 12.3. The molecule has 3 heteroatoms. The van der Waals surface area contributed by atoms with Gasteiger partial charge in [-0.3, -0.25) is 4.79 Å². The van der Waals surface area contributed by atoms with Crippen LogP contribution in [0.25, 0.3) is 0 Å². The highest BCUT2D eigenvalue weighted by Gasteiger charge is 2.13. The highest BCUT2D eigenvalue weighted by atomic mass is 16.3. The molecule has 0 aliphatic heterocycles. The van der Waals surface area contributed by atoms with E-state index in [9.17, 15) is 4.79 Å². The molecule has 0 fully saturated rings. The minimum Gasteiger partial charge on any atom is -0.394 e. The maximum atomic E-state index is 11.0. The maximum absolute atomic E-state index is 11.0. The van der Waals surface area contributed by atoms with Crippen molar-refractivity contribution in [1.82, 2.24) is 4.90 Å². The lowest BCUT2D eigenvalue weighted by Gasteiger charge is -2.24. The van der Waals surface area contributed by atoms with Crippen LogP contribution in [0.2, 0.25) is 0 Å². The van der Waals surface area contributed by atoms with Gasteiger partial charge < -0.3 is 10.0 Å². The van der Waals surface area contributed by atoms with Crippen molar-refractivity contribution in [1.29, 1.82) is 0 Å². The van der Waals surface area contributed by atoms with Gasteiger partial charge >= 0.3 is 0 Å². The second kappa shape index (κ2) is 4.91. The van der Waals surface area contributed by atoms with Gasteiger partial charge in [-0.2, -0.15) is 0 Å². The van der Waals surface area contributed by atoms with E-state index >= 15 is 0 Å². The third-order valence-corrected chi connectivity index (χ3v) is 1.59. The van der Waals surface area contributed by atoms with Crippen LogP contribution < -0.4 is 0 Å². The van der Waals surface area contributed by atoms with Crippen LogP contribution in [0.5, 0.6) is 0 Å². The fourth-order valence-corrected chi connectivity index (χ4v) is 0.901. The van der Waals surface area contributed by atoms with E-state index in [1.807, 2.05) is 6.92 Å². The van der Waals surface area contributed by atoms with E-state index in [1.165, 1.54) is 6.08 Å². The second-order valence-corrected chi connectivity index (χ2v) is 2.36. The zero-order valence-corrected chi connectivity index (χ0v) is 7.08. The van der Waals surface area contributed by atoms with Crippen LogP contribution in [0, 0.1) is 0 Å². The molecule has 3 nitrogen and oxygen atoms in total. The fourth-order valence-electron chi connectivity index (χ4n) is 0.901. The Morgan fingerprint density at radius 1 is 1.82 bits per heavy atom. The Kier molecular flexibility index (Phi) is 4.54. The Morgan fingerprint density at radius 3 is 2.64 bits per heavy atom. The quantitative estimate of drug-likeness (QED) is 0.600. The molecule has 0 spiro atoms. The van der Waals surface area contributed by atoms with E-state index in [1.54, 1.807) is 11.8 Å². The largest absolute Gasteiger partial charge is 0.394 e. The lowest BCUT2D eigenvalue weighted by atomic mass is 10.3. The standard InChI is InChI=1S/C8H15NO2/c1-4-8(11)9(5-2)7(3)6-10/h4,7,10H,1,5-6H2,2-3H3. The molecular formula is C8H15NO2. The van der Waals surface area contributed by atoms with E-state index in [-0.39, 0.29) is 18.6 Å². The van der Waals surface area contributed by atoms with Gasteiger partial charge in [0, 0.05) is 6.54 Å². The van der Waals surface area contributed by atoms with Crippen LogP contribution in [-0.4, -0.2) is 35.1 Å². The van der Waals surface area contributed by atoms with Crippen molar-refractivity contribution >= 4 is 5.91 Å². The Balaban J connectivity index is 4.14. The number of hydrogen-bond donors (Lipinski definition) is 1. The number of aliphatic hydroxyl groups excluding tert-OH is 1. The highest BCUT2D eigenvalue weighted by Crippen LogP contribution is 1.98. The first kappa shape index (κ1) is 10.2. The molecule has 64 valence electrons. The van der Waals surface area contributed by atoms with Crippen molar-refractivity contribution in [3.8, 4) is 0 Å². The Morgan fingerprint density at radius 2 is 2.36 bits per heavy atom. The smallest absolute Gasteiger partial charge is 0.246 e. The third kappa shape index (κ3) is 2.72. The summed E-state index contributed by atoms with van der Waals surface area (Å²) in [5.41, 5.74) is 0. The van der Waals surface area contributed by atoms with E-state index < -0.39 is 0 Å². The first-order valence-electron chi connectivity index (χ1n) is 3.71. The van der Waals surface area contributed by atoms with E-state index in [0.29, 0.717) is 6.54 Å². The molecule has 0 aliphatic rings. The van der Waals surface area contributed by atoms with Gasteiger partial charge in [0.25, 0.3) is 0 Å². The zero-order chi connectivity index (χ0) is 8.85. The Bertz CT molecular complexity index is 145. The molecule has 0 aromatic carbocycles. The molecule has 0 aromatic heterocycles. The SMILES string of the molecule is C=CC(=O)N(CC)C(C)CO. The summed E-state index contributed by atoms with van der Waals surface area (Å²) in [5, 5.41) is 8.75. The van der Waals surface area contributed by atoms with Crippen LogP contribution in [-0.2, 0) is 4.79 Å². The zero-order valence-electron chi connectivity index (χ0n) is 7.08. The number of nitrogens with zero attached hydrogens (tertiary/aromatic N) is 1. The van der Waals surface area contributed by atoms with Crippen molar-refractivity contribution in [3.05, 3.63) is 12.7 Å². The summed E-state index contributed by atoms with van der Waals surface area (Å²) in [6.45, 7) is 7.64. The first-order chi connectivity index (χ1) is 5.17. The number of carbonyl (C=O) groups excluding carboxylic acids is 1. The molecule has 0 saturated heterocycles. The van der Waals surface area contributed by atoms with Crippen LogP contribution >= 0.6 is 0 Å². The summed E-state index contributed by atoms with van der Waals surface area (Å²) in [6, 6.07) is -0.120. The average Bonchev–Trinajstić information content (AvgIpc) is 2.05. The lowest BCUT2D eigenvalue weighted by molar-refractivity contribution is -0.128. The number of aliphatic hydroxyl groups is 1. The molecule has 0 saturated carbocycles. The summed E-state index contributed by atoms with van der Waals surface area (Å²) in [6.07, 6.45) is 1.26. The van der Waals surface area contributed by atoms with E-state index in [4.69, 9.17) is 5.11 Å². The molecular weight excluding hydrogens is 142 g/mol. The molecule has 0 aromatic rings. The average molecular weight is 157 g/mol. The monoisotopic (exact) mass is 157 g/mol. The first-order valence-corrected chi connectivity index (χ1v) is 3.71. The van der Waals surface area contributed by atoms with E-state index in [2.05, 4.69) is 6.58 Å². The summed E-state index contributed by atoms with van der Waals surface area (Å²) in [7, 11) is 0. The Hall–Kier alpha value is -0.830. The molecule has 0 rings (SSSR count). The molecule has 1 amide bonds. The van der Waals surface area contributed by atoms with Crippen LogP contribution in [0.3, 0.4) is 0 Å². The number of carbonyl (C=O) groups is 1. The van der Waals surface area contributed by atoms with Gasteiger partial charge in [-0.15, -0.1) is 0 Å². The predicted molar refractivity (Wildman–Crippen MR) is 44.1 cm³/mol. The van der Waals surface area contributed by atoms with Gasteiger partial charge in [0.15, 0.2) is 0 Å². The highest BCUT2D eigenvalue weighted by molar-refractivity contribution is 5.87. The molecule has 0 aliphatic carbocycles. The van der Waals surface area contributed by atoms with Crippen LogP contribution in [0.15, 0.2) is 12.7 Å². The number of rotatable bonds is 4. The maximum Gasteiger partial charge on any atom is 0.246 e. The minimum absolute atomic E-state index is 0.00653. The molecule has 1 atom stereocenters. The van der Waals surface area contributed by atoms with Gasteiger partial charge in [-0.05, 0) is 19.9 Å². The van der Waals surface area contributed by atoms with Crippen molar-refractivity contribution < 1.29 is 9.90 Å². The van der Waals surface area contributed by atoms with Gasteiger partial charge in [-0.25, -0.2) is 0 Å². The second-order valence-electron chi connectivity index (χ2n) is 2.36. The van der Waals surface area contributed by atoms with E-state index in [0.717, 1.165) is 0 Å². The van der Waals surface area contributed by atoms with Crippen LogP contribution in [0.4, 0.5) is 0 Å². The molecule has 1 N–H and O–H groups in total. The van der Waals surface area contributed by atoms with Crippen molar-refractivity contribution in [3.63, 3.8) is 0 Å². The topological polar surface area (TPSA) is 40.5 Å². The predicted octanol–water partition coefficient (Wildman–Crippen LogP) is 0.402. The van der Waals surface area contributed by atoms with Crippen molar-refractivity contribution in [2.24, 2.45) is 0 Å². The van der Waals surface area contributed by atoms with Crippen molar-refractivity contribution in [2.75, 3.05) is 13.2 Å². The lowest BCUT2D eigenvalue weighted by Crippen LogP contribution is -2.39. The van der Waals surface area contributed by atoms with Gasteiger partial charge in [-0.1, -0.05) is 6.58 Å². The number of hydrogen-bond acceptors (Lipinski definition) is 2. The van der Waals surface area contributed by atoms with Crippen molar-refractivity contribution in [2.45, 2.75) is 19.9 Å². The minimum atomic E-state index is -0.131. The summed E-state index contributed by atoms with van der Waals surface area (Å²) in [4.78, 5) is 12.6.